The van der Waals surface area contributed by atoms with Crippen molar-refractivity contribution in [1.29, 1.82) is 0 Å². The summed E-state index contributed by atoms with van der Waals surface area (Å²) in [6, 6.07) is 5.81. The minimum absolute atomic E-state index is 0.136. The van der Waals surface area contributed by atoms with Gasteiger partial charge < -0.3 is 5.11 Å². The van der Waals surface area contributed by atoms with E-state index in [2.05, 4.69) is 6.07 Å². The molecule has 1 N–H and O–H groups in total. The van der Waals surface area contributed by atoms with E-state index in [0.717, 1.165) is 5.56 Å². The number of halogens is 1. The summed E-state index contributed by atoms with van der Waals surface area (Å²) < 4.78 is 0. The number of phenols is 1. The second-order valence-corrected chi connectivity index (χ2v) is 2.22. The van der Waals surface area contributed by atoms with Crippen LogP contribution in [0.2, 0.25) is 5.02 Å². The zero-order valence-electron chi connectivity index (χ0n) is 4.98. The van der Waals surface area contributed by atoms with Crippen LogP contribution in [0.25, 0.3) is 0 Å². The van der Waals surface area contributed by atoms with E-state index in [4.69, 9.17) is 16.7 Å². The fourth-order valence-corrected chi connectivity index (χ4v) is 0.681. The van der Waals surface area contributed by atoms with E-state index in [1.165, 1.54) is 6.07 Å². The molecule has 0 aliphatic heterocycles. The van der Waals surface area contributed by atoms with E-state index >= 15 is 0 Å². The smallest absolute Gasteiger partial charge is 0.123 e. The molecule has 0 spiro atoms. The molecule has 0 atom stereocenters. The van der Waals surface area contributed by atoms with Gasteiger partial charge in [-0.15, -0.1) is 0 Å². The molecule has 1 aromatic rings. The second kappa shape index (κ2) is 2.28. The predicted molar refractivity (Wildman–Crippen MR) is 36.7 cm³/mol. The van der Waals surface area contributed by atoms with Crippen molar-refractivity contribution in [2.24, 2.45) is 0 Å². The zero-order chi connectivity index (χ0) is 6.85. The predicted octanol–water partition coefficient (Wildman–Crippen LogP) is 2.15. The lowest BCUT2D eigenvalue weighted by molar-refractivity contribution is 0.473. The van der Waals surface area contributed by atoms with Gasteiger partial charge in [0.1, 0.15) is 5.75 Å². The first kappa shape index (κ1) is 6.43. The highest BCUT2D eigenvalue weighted by Crippen LogP contribution is 2.18. The van der Waals surface area contributed by atoms with Crippen LogP contribution in [-0.2, 0) is 0 Å². The summed E-state index contributed by atoms with van der Waals surface area (Å²) in [5, 5.41) is 9.46. The van der Waals surface area contributed by atoms with Gasteiger partial charge in [-0.1, -0.05) is 11.6 Å². The number of phenolic OH excluding ortho intramolecular Hbond substituents is 1. The van der Waals surface area contributed by atoms with Crippen LogP contribution < -0.4 is 0 Å². The molecule has 0 unspecified atom stereocenters. The first-order chi connectivity index (χ1) is 4.20. The number of aryl methyl sites for hydroxylation is 1. The third-order valence-electron chi connectivity index (χ3n) is 1.06. The Hall–Kier alpha value is -0.690. The maximum atomic E-state index is 8.82. The monoisotopic (exact) mass is 141 g/mol. The van der Waals surface area contributed by atoms with Gasteiger partial charge in [0.2, 0.25) is 0 Å². The van der Waals surface area contributed by atoms with E-state index < -0.39 is 0 Å². The number of hydrogen-bond donors (Lipinski definition) is 1. The van der Waals surface area contributed by atoms with Crippen molar-refractivity contribution in [1.82, 2.24) is 0 Å². The van der Waals surface area contributed by atoms with Gasteiger partial charge in [0.15, 0.2) is 0 Å². The molecule has 0 bridgehead atoms. The largest absolute Gasteiger partial charge is 0.507 e. The summed E-state index contributed by atoms with van der Waals surface area (Å²) in [4.78, 5) is 0. The van der Waals surface area contributed by atoms with E-state index in [1.54, 1.807) is 13.0 Å². The Kier molecular flexibility index (Phi) is 1.63. The molecule has 0 aromatic heterocycles. The molecular formula is C7H6ClO. The van der Waals surface area contributed by atoms with Gasteiger partial charge in [0.25, 0.3) is 0 Å². The third kappa shape index (κ3) is 1.36. The Morgan fingerprint density at radius 3 is 2.67 bits per heavy atom. The lowest BCUT2D eigenvalue weighted by Gasteiger charge is -1.94. The first-order valence-electron chi connectivity index (χ1n) is 2.57. The molecule has 9 heavy (non-hydrogen) atoms. The Balaban J connectivity index is 3.17. The lowest BCUT2D eigenvalue weighted by Crippen LogP contribution is -1.73. The minimum atomic E-state index is 0.136. The van der Waals surface area contributed by atoms with Gasteiger partial charge in [0, 0.05) is 11.1 Å². The van der Waals surface area contributed by atoms with Crippen LogP contribution in [-0.4, -0.2) is 5.11 Å². The number of aromatic hydroxyl groups is 1. The maximum Gasteiger partial charge on any atom is 0.123 e. The molecule has 1 radical (unpaired) electrons. The Morgan fingerprint density at radius 2 is 2.22 bits per heavy atom. The average molecular weight is 142 g/mol. The standard InChI is InChI=1S/C7H6ClO/c1-5-4-6(9)2-3-7(5)8/h2-3,9H,1H3. The van der Waals surface area contributed by atoms with Crippen LogP contribution in [0, 0.1) is 13.0 Å². The molecule has 0 amide bonds. The van der Waals surface area contributed by atoms with Gasteiger partial charge in [-0.3, -0.25) is 0 Å². The van der Waals surface area contributed by atoms with Gasteiger partial charge in [0.05, 0.1) is 0 Å². The average Bonchev–Trinajstić information content (AvgIpc) is 1.80. The maximum absolute atomic E-state index is 8.82. The van der Waals surface area contributed by atoms with Crippen molar-refractivity contribution < 1.29 is 5.11 Å². The number of rotatable bonds is 0. The highest BCUT2D eigenvalue weighted by molar-refractivity contribution is 6.31. The van der Waals surface area contributed by atoms with Crippen LogP contribution >= 0.6 is 11.6 Å². The fourth-order valence-electron chi connectivity index (χ4n) is 0.571. The fraction of sp³-hybridized carbons (Fsp3) is 0.143. The van der Waals surface area contributed by atoms with Crippen LogP contribution in [0.5, 0.6) is 5.75 Å². The molecule has 1 nitrogen and oxygen atoms in total. The van der Waals surface area contributed by atoms with Crippen molar-refractivity contribution in [3.8, 4) is 5.75 Å². The van der Waals surface area contributed by atoms with Crippen LogP contribution in [0.1, 0.15) is 5.56 Å². The molecular weight excluding hydrogens is 136 g/mol. The first-order valence-corrected chi connectivity index (χ1v) is 2.95. The topological polar surface area (TPSA) is 20.2 Å². The number of hydrogen-bond acceptors (Lipinski definition) is 1. The zero-order valence-corrected chi connectivity index (χ0v) is 5.74. The van der Waals surface area contributed by atoms with Crippen LogP contribution in [0.15, 0.2) is 12.1 Å². The van der Waals surface area contributed by atoms with Crippen molar-refractivity contribution >= 4 is 11.6 Å². The molecule has 47 valence electrons. The summed E-state index contributed by atoms with van der Waals surface area (Å²) >= 11 is 5.64. The summed E-state index contributed by atoms with van der Waals surface area (Å²) in [6.45, 7) is 1.79. The van der Waals surface area contributed by atoms with Crippen molar-refractivity contribution in [3.05, 3.63) is 28.8 Å². The molecule has 0 heterocycles. The number of benzene rings is 1. The molecule has 0 fully saturated rings. The van der Waals surface area contributed by atoms with Gasteiger partial charge >= 0.3 is 0 Å². The quantitative estimate of drug-likeness (QED) is 0.587. The van der Waals surface area contributed by atoms with Gasteiger partial charge in [-0.2, -0.15) is 0 Å². The highest BCUT2D eigenvalue weighted by atomic mass is 35.5. The third-order valence-corrected chi connectivity index (χ3v) is 1.47. The van der Waals surface area contributed by atoms with Gasteiger partial charge in [-0.25, -0.2) is 0 Å². The normalized spacial score (nSPS) is 9.56. The van der Waals surface area contributed by atoms with Crippen molar-refractivity contribution in [2.45, 2.75) is 6.92 Å². The van der Waals surface area contributed by atoms with E-state index in [1.807, 2.05) is 0 Å². The molecule has 0 aliphatic rings. The molecule has 0 saturated heterocycles. The lowest BCUT2D eigenvalue weighted by atomic mass is 10.2. The molecule has 1 aromatic carbocycles. The Bertz CT molecular complexity index is 220. The molecule has 0 aliphatic carbocycles. The summed E-state index contributed by atoms with van der Waals surface area (Å²) in [5.41, 5.74) is 0.775. The molecule has 2 heteroatoms. The highest BCUT2D eigenvalue weighted by Gasteiger charge is 1.93. The van der Waals surface area contributed by atoms with Crippen LogP contribution in [0.3, 0.4) is 0 Å². The van der Waals surface area contributed by atoms with E-state index in [0.29, 0.717) is 5.02 Å². The summed E-state index contributed by atoms with van der Waals surface area (Å²) in [5.74, 6) is 0.136. The molecule has 1 rings (SSSR count). The van der Waals surface area contributed by atoms with Crippen molar-refractivity contribution in [2.75, 3.05) is 0 Å². The minimum Gasteiger partial charge on any atom is -0.507 e. The van der Waals surface area contributed by atoms with Crippen molar-refractivity contribution in [3.63, 3.8) is 0 Å². The SMILES string of the molecule is Cc1[c]c(O)ccc1Cl. The van der Waals surface area contributed by atoms with Crippen LogP contribution in [0.4, 0.5) is 0 Å². The van der Waals surface area contributed by atoms with Gasteiger partial charge in [-0.05, 0) is 24.6 Å². The van der Waals surface area contributed by atoms with E-state index in [-0.39, 0.29) is 5.75 Å². The molecule has 0 saturated carbocycles. The summed E-state index contributed by atoms with van der Waals surface area (Å²) in [6.07, 6.45) is 0. The second-order valence-electron chi connectivity index (χ2n) is 1.82. The van der Waals surface area contributed by atoms with E-state index in [9.17, 15) is 0 Å². The Morgan fingerprint density at radius 1 is 1.56 bits per heavy atom. The summed E-state index contributed by atoms with van der Waals surface area (Å²) in [7, 11) is 0. The Labute approximate surface area is 58.9 Å².